The van der Waals surface area contributed by atoms with Crippen LogP contribution in [-0.4, -0.2) is 58.3 Å². The number of aromatic nitrogens is 5. The number of amides is 2. The van der Waals surface area contributed by atoms with E-state index in [2.05, 4.69) is 36.0 Å². The minimum Gasteiger partial charge on any atom is -0.492 e. The number of methoxy groups -OCH3 is 2. The molecule has 2 aliphatic carbocycles. The summed E-state index contributed by atoms with van der Waals surface area (Å²) in [5.74, 6) is -0.371. The van der Waals surface area contributed by atoms with Gasteiger partial charge in [-0.3, -0.25) is 9.59 Å². The van der Waals surface area contributed by atoms with Crippen molar-refractivity contribution in [3.05, 3.63) is 29.9 Å². The molecule has 0 saturated heterocycles. The van der Waals surface area contributed by atoms with Gasteiger partial charge in [-0.1, -0.05) is 5.16 Å². The molecule has 13 nitrogen and oxygen atoms in total. The molecule has 2 aliphatic rings. The Morgan fingerprint density at radius 3 is 2.89 bits per heavy atom. The van der Waals surface area contributed by atoms with Gasteiger partial charge in [0.1, 0.15) is 6.61 Å². The highest BCUT2D eigenvalue weighted by molar-refractivity contribution is 6.00. The zero-order valence-corrected chi connectivity index (χ0v) is 18.9. The minimum atomic E-state index is -2.76. The number of nitrogens with one attached hydrogen (secondary N) is 3. The van der Waals surface area contributed by atoms with E-state index >= 15 is 0 Å². The summed E-state index contributed by atoms with van der Waals surface area (Å²) in [6.45, 7) is -2.64. The van der Waals surface area contributed by atoms with Crippen LogP contribution in [0, 0.1) is 11.3 Å². The summed E-state index contributed by atoms with van der Waals surface area (Å²) in [4.78, 5) is 33.9. The first-order chi connectivity index (χ1) is 18.1. The van der Waals surface area contributed by atoms with Crippen molar-refractivity contribution in [2.45, 2.75) is 25.9 Å². The SMILES string of the molecule is [2H]C([2H])([2H])NC(=O)c1nnc(NC(=O)[C@H]2CC23CC3)cc1Nc1nccc(-c2noc(COC)n2)c1OC. The highest BCUT2D eigenvalue weighted by atomic mass is 16.5. The van der Waals surface area contributed by atoms with Crippen molar-refractivity contribution < 1.29 is 27.7 Å². The fourth-order valence-electron chi connectivity index (χ4n) is 4.01. The number of hydrogen-bond donors (Lipinski definition) is 3. The van der Waals surface area contributed by atoms with E-state index in [1.54, 1.807) is 6.07 Å². The Hall–Kier alpha value is -4.13. The topological polar surface area (TPSA) is 166 Å². The predicted molar refractivity (Wildman–Crippen MR) is 122 cm³/mol. The van der Waals surface area contributed by atoms with Gasteiger partial charge in [0.15, 0.2) is 23.1 Å². The van der Waals surface area contributed by atoms with Crippen molar-refractivity contribution in [1.29, 1.82) is 0 Å². The summed E-state index contributed by atoms with van der Waals surface area (Å²) >= 11 is 0. The second-order valence-corrected chi connectivity index (χ2v) is 8.36. The molecule has 0 aliphatic heterocycles. The smallest absolute Gasteiger partial charge is 0.273 e. The first-order valence-electron chi connectivity index (χ1n) is 12.3. The van der Waals surface area contributed by atoms with Crippen LogP contribution in [0.2, 0.25) is 0 Å². The van der Waals surface area contributed by atoms with Crippen molar-refractivity contribution in [2.75, 3.05) is 31.8 Å². The largest absolute Gasteiger partial charge is 0.492 e. The molecule has 3 heterocycles. The van der Waals surface area contributed by atoms with Crippen molar-refractivity contribution in [3.8, 4) is 17.1 Å². The molecule has 2 saturated carbocycles. The maximum absolute atomic E-state index is 12.7. The normalized spacial score (nSPS) is 18.7. The van der Waals surface area contributed by atoms with E-state index in [1.165, 1.54) is 26.5 Å². The van der Waals surface area contributed by atoms with Gasteiger partial charge in [0, 0.05) is 36.4 Å². The fraction of sp³-hybridized carbons (Fsp3) is 0.409. The molecule has 35 heavy (non-hydrogen) atoms. The summed E-state index contributed by atoms with van der Waals surface area (Å²) in [7, 11) is 2.90. The monoisotopic (exact) mass is 483 g/mol. The zero-order chi connectivity index (χ0) is 27.1. The van der Waals surface area contributed by atoms with Gasteiger partial charge in [-0.05, 0) is 30.7 Å². The van der Waals surface area contributed by atoms with Gasteiger partial charge < -0.3 is 29.9 Å². The van der Waals surface area contributed by atoms with E-state index in [0.29, 0.717) is 5.56 Å². The Kier molecular flexibility index (Phi) is 4.89. The van der Waals surface area contributed by atoms with Crippen LogP contribution < -0.4 is 20.7 Å². The maximum atomic E-state index is 12.7. The number of carbonyl (C=O) groups excluding carboxylic acids is 2. The van der Waals surface area contributed by atoms with Gasteiger partial charge in [0.2, 0.25) is 11.7 Å². The highest BCUT2D eigenvalue weighted by Crippen LogP contribution is 2.70. The quantitative estimate of drug-likeness (QED) is 0.407. The van der Waals surface area contributed by atoms with Crippen LogP contribution in [0.5, 0.6) is 5.75 Å². The number of rotatable bonds is 9. The van der Waals surface area contributed by atoms with Gasteiger partial charge in [-0.2, -0.15) is 4.98 Å². The molecule has 0 aromatic carbocycles. The number of carbonyl (C=O) groups is 2. The van der Waals surface area contributed by atoms with Crippen LogP contribution in [0.3, 0.4) is 0 Å². The second-order valence-electron chi connectivity index (χ2n) is 8.36. The molecule has 0 unspecified atom stereocenters. The third kappa shape index (κ3) is 4.37. The van der Waals surface area contributed by atoms with Crippen LogP contribution >= 0.6 is 0 Å². The molecule has 3 N–H and O–H groups in total. The van der Waals surface area contributed by atoms with Crippen LogP contribution in [0.4, 0.5) is 17.3 Å². The molecule has 1 spiro atoms. The molecular weight excluding hydrogens is 456 g/mol. The maximum Gasteiger partial charge on any atom is 0.273 e. The second kappa shape index (κ2) is 8.91. The zero-order valence-electron chi connectivity index (χ0n) is 21.9. The van der Waals surface area contributed by atoms with E-state index in [0.717, 1.165) is 19.3 Å². The van der Waals surface area contributed by atoms with E-state index in [9.17, 15) is 9.59 Å². The molecule has 13 heteroatoms. The first kappa shape index (κ1) is 19.2. The lowest BCUT2D eigenvalue weighted by molar-refractivity contribution is -0.117. The van der Waals surface area contributed by atoms with Gasteiger partial charge >= 0.3 is 0 Å². The van der Waals surface area contributed by atoms with E-state index in [-0.39, 0.29) is 64.3 Å². The van der Waals surface area contributed by atoms with Crippen LogP contribution in [0.15, 0.2) is 22.9 Å². The summed E-state index contributed by atoms with van der Waals surface area (Å²) in [5.41, 5.74) is 0.253. The summed E-state index contributed by atoms with van der Waals surface area (Å²) in [5, 5.41) is 19.3. The molecule has 0 radical (unpaired) electrons. The number of hydrogen-bond acceptors (Lipinski definition) is 11. The predicted octanol–water partition coefficient (Wildman–Crippen LogP) is 1.92. The molecule has 5 rings (SSSR count). The lowest BCUT2D eigenvalue weighted by Gasteiger charge is -2.15. The summed E-state index contributed by atoms with van der Waals surface area (Å²) in [6, 6.07) is 2.98. The van der Waals surface area contributed by atoms with E-state index in [4.69, 9.17) is 18.1 Å². The van der Waals surface area contributed by atoms with E-state index < -0.39 is 12.9 Å². The Morgan fingerprint density at radius 2 is 2.17 bits per heavy atom. The number of ether oxygens (including phenoxy) is 2. The lowest BCUT2D eigenvalue weighted by atomic mass is 10.2. The molecule has 0 bridgehead atoms. The lowest BCUT2D eigenvalue weighted by Crippen LogP contribution is -2.23. The molecule has 2 fully saturated rings. The van der Waals surface area contributed by atoms with Crippen LogP contribution in [0.25, 0.3) is 11.4 Å². The standard InChI is InChI=1S/C22H24N8O5/c1-23-21(32)16-13(8-14(28-29-16)26-20(31)12-9-22(12)5-6-22)25-19-17(34-3)11(4-7-24-19)18-27-15(10-33-2)35-30-18/h4,7-8,12H,5-6,9-10H2,1-3H3,(H,23,32)(H2,24,25,26,28,31)/t12-/m1/s1/i1D3. The van der Waals surface area contributed by atoms with Gasteiger partial charge in [0.05, 0.1) is 18.4 Å². The molecule has 182 valence electrons. The minimum absolute atomic E-state index is 0.0325. The Bertz CT molecular complexity index is 1390. The van der Waals surface area contributed by atoms with Crippen LogP contribution in [0.1, 0.15) is 39.8 Å². The van der Waals surface area contributed by atoms with E-state index in [1.807, 2.05) is 5.32 Å². The van der Waals surface area contributed by atoms with Crippen molar-refractivity contribution in [2.24, 2.45) is 11.3 Å². The molecule has 1 atom stereocenters. The molecule has 2 amide bonds. The Morgan fingerprint density at radius 1 is 1.31 bits per heavy atom. The average Bonchev–Trinajstić information content (AvgIpc) is 3.75. The number of nitrogens with zero attached hydrogens (tertiary/aromatic N) is 5. The van der Waals surface area contributed by atoms with Gasteiger partial charge in [-0.25, -0.2) is 4.98 Å². The Labute approximate surface area is 204 Å². The highest BCUT2D eigenvalue weighted by Gasteiger charge is 2.65. The van der Waals surface area contributed by atoms with Gasteiger partial charge in [0.25, 0.3) is 11.8 Å². The number of anilines is 3. The fourth-order valence-corrected chi connectivity index (χ4v) is 4.01. The third-order valence-electron chi connectivity index (χ3n) is 6.11. The summed E-state index contributed by atoms with van der Waals surface area (Å²) in [6.07, 6.45) is 4.36. The summed E-state index contributed by atoms with van der Waals surface area (Å²) < 4.78 is 37.8. The van der Waals surface area contributed by atoms with Crippen molar-refractivity contribution in [1.82, 2.24) is 30.6 Å². The molecule has 3 aromatic heterocycles. The van der Waals surface area contributed by atoms with Crippen molar-refractivity contribution in [3.63, 3.8) is 0 Å². The van der Waals surface area contributed by atoms with Crippen LogP contribution in [-0.2, 0) is 16.1 Å². The Balaban J connectivity index is 1.47. The first-order valence-corrected chi connectivity index (χ1v) is 10.8. The average molecular weight is 484 g/mol. The van der Waals surface area contributed by atoms with Crippen molar-refractivity contribution >= 4 is 29.1 Å². The number of pyridine rings is 1. The van der Waals surface area contributed by atoms with Gasteiger partial charge in [-0.15, -0.1) is 10.2 Å². The third-order valence-corrected chi connectivity index (χ3v) is 6.11. The molecular formula is C22H24N8O5. The molecule has 3 aromatic rings.